The van der Waals surface area contributed by atoms with Crippen molar-refractivity contribution in [2.24, 2.45) is 5.92 Å². The number of thiazole rings is 1. The minimum Gasteiger partial charge on any atom is -0.312 e. The molecule has 2 nitrogen and oxygen atoms in total. The van der Waals surface area contributed by atoms with E-state index in [1.54, 1.807) is 0 Å². The van der Waals surface area contributed by atoms with E-state index >= 15 is 0 Å². The van der Waals surface area contributed by atoms with Crippen LogP contribution in [0.15, 0.2) is 18.2 Å². The molecule has 0 aliphatic carbocycles. The number of nitrogens with zero attached hydrogens (tertiary/aromatic N) is 1. The monoisotopic (exact) mass is 296 g/mol. The molecule has 2 rings (SSSR count). The van der Waals surface area contributed by atoms with Crippen molar-refractivity contribution in [1.29, 1.82) is 0 Å². The normalized spacial score (nSPS) is 11.3. The van der Waals surface area contributed by atoms with Gasteiger partial charge in [-0.1, -0.05) is 19.9 Å². The van der Waals surface area contributed by atoms with E-state index in [0.717, 1.165) is 17.1 Å². The van der Waals surface area contributed by atoms with Gasteiger partial charge in [-0.15, -0.1) is 11.3 Å². The molecular weight excluding hydrogens is 278 g/mol. The molecule has 1 aromatic carbocycles. The van der Waals surface area contributed by atoms with Gasteiger partial charge in [0.15, 0.2) is 0 Å². The smallest absolute Gasteiger partial charge is 0.136 e. The first-order valence-corrected chi connectivity index (χ1v) is 7.42. The maximum absolute atomic E-state index is 13.7. The Hall–Kier alpha value is -1.33. The molecule has 108 valence electrons. The zero-order valence-corrected chi connectivity index (χ0v) is 12.7. The minimum atomic E-state index is -0.569. The zero-order chi connectivity index (χ0) is 14.7. The summed E-state index contributed by atoms with van der Waals surface area (Å²) < 4.78 is 27.5. The third-order valence-corrected chi connectivity index (χ3v) is 4.08. The van der Waals surface area contributed by atoms with Gasteiger partial charge in [0.05, 0.1) is 11.3 Å². The number of hydrogen-bond acceptors (Lipinski definition) is 3. The quantitative estimate of drug-likeness (QED) is 0.897. The Bertz CT molecular complexity index is 573. The van der Waals surface area contributed by atoms with Gasteiger partial charge in [0.1, 0.15) is 16.6 Å². The summed E-state index contributed by atoms with van der Waals surface area (Å²) in [6.07, 6.45) is 0. The van der Waals surface area contributed by atoms with Crippen LogP contribution < -0.4 is 5.32 Å². The van der Waals surface area contributed by atoms with Crippen LogP contribution in [0, 0.1) is 24.5 Å². The summed E-state index contributed by atoms with van der Waals surface area (Å²) in [6, 6.07) is 3.87. The fraction of sp³-hybridized carbons (Fsp3) is 0.400. The fourth-order valence-electron chi connectivity index (χ4n) is 1.88. The number of nitrogens with one attached hydrogen (secondary N) is 1. The molecule has 2 aromatic rings. The van der Waals surface area contributed by atoms with E-state index in [0.29, 0.717) is 17.5 Å². The molecule has 1 N–H and O–H groups in total. The largest absolute Gasteiger partial charge is 0.312 e. The molecule has 1 heterocycles. The van der Waals surface area contributed by atoms with Crippen LogP contribution in [0.5, 0.6) is 0 Å². The Labute approximate surface area is 121 Å². The summed E-state index contributed by atoms with van der Waals surface area (Å²) in [7, 11) is 0. The van der Waals surface area contributed by atoms with Crippen molar-refractivity contribution >= 4 is 11.3 Å². The zero-order valence-electron chi connectivity index (χ0n) is 11.8. The highest BCUT2D eigenvalue weighted by Crippen LogP contribution is 2.31. The van der Waals surface area contributed by atoms with Gasteiger partial charge in [-0.25, -0.2) is 13.8 Å². The molecule has 1 aromatic heterocycles. The number of halogens is 2. The Morgan fingerprint density at radius 2 is 1.90 bits per heavy atom. The van der Waals surface area contributed by atoms with Crippen molar-refractivity contribution in [1.82, 2.24) is 10.3 Å². The first kappa shape index (κ1) is 15.1. The molecular formula is C15H18F2N2S. The van der Waals surface area contributed by atoms with Gasteiger partial charge in [-0.05, 0) is 31.5 Å². The van der Waals surface area contributed by atoms with Gasteiger partial charge in [-0.2, -0.15) is 0 Å². The summed E-state index contributed by atoms with van der Waals surface area (Å²) in [5.41, 5.74) is 0.791. The average Bonchev–Trinajstić information content (AvgIpc) is 2.70. The van der Waals surface area contributed by atoms with Gasteiger partial charge in [0.25, 0.3) is 0 Å². The van der Waals surface area contributed by atoms with Crippen LogP contribution in [0.4, 0.5) is 8.78 Å². The molecule has 5 heteroatoms. The average molecular weight is 296 g/mol. The second-order valence-corrected chi connectivity index (χ2v) is 6.23. The first-order chi connectivity index (χ1) is 9.49. The van der Waals surface area contributed by atoms with Crippen LogP contribution in [0.1, 0.15) is 24.4 Å². The summed E-state index contributed by atoms with van der Waals surface area (Å²) >= 11 is 1.34. The Kier molecular flexibility index (Phi) is 4.83. The summed E-state index contributed by atoms with van der Waals surface area (Å²) in [5.74, 6) is -0.576. The number of benzene rings is 1. The lowest BCUT2D eigenvalue weighted by Crippen LogP contribution is -2.18. The van der Waals surface area contributed by atoms with Gasteiger partial charge >= 0.3 is 0 Å². The number of rotatable bonds is 5. The summed E-state index contributed by atoms with van der Waals surface area (Å²) in [5, 5.41) is 3.72. The van der Waals surface area contributed by atoms with E-state index in [1.807, 2.05) is 6.92 Å². The summed E-state index contributed by atoms with van der Waals surface area (Å²) in [4.78, 5) is 5.32. The van der Waals surface area contributed by atoms with Crippen molar-refractivity contribution in [3.63, 3.8) is 0 Å². The second-order valence-electron chi connectivity index (χ2n) is 5.15. The molecule has 0 radical (unpaired) electrons. The molecule has 0 aliphatic heterocycles. The lowest BCUT2D eigenvalue weighted by Gasteiger charge is -2.05. The van der Waals surface area contributed by atoms with Crippen molar-refractivity contribution in [3.05, 3.63) is 40.4 Å². The van der Waals surface area contributed by atoms with Gasteiger partial charge in [0.2, 0.25) is 0 Å². The molecule has 0 atom stereocenters. The highest BCUT2D eigenvalue weighted by Gasteiger charge is 2.16. The fourth-order valence-corrected chi connectivity index (χ4v) is 2.96. The maximum atomic E-state index is 13.7. The summed E-state index contributed by atoms with van der Waals surface area (Å²) in [6.45, 7) is 7.71. The molecule has 20 heavy (non-hydrogen) atoms. The van der Waals surface area contributed by atoms with Crippen LogP contribution in [0.3, 0.4) is 0 Å². The first-order valence-electron chi connectivity index (χ1n) is 6.60. The van der Waals surface area contributed by atoms with Crippen LogP contribution in [0.2, 0.25) is 0 Å². The van der Waals surface area contributed by atoms with Crippen LogP contribution >= 0.6 is 11.3 Å². The van der Waals surface area contributed by atoms with E-state index < -0.39 is 11.6 Å². The molecule has 0 spiro atoms. The highest BCUT2D eigenvalue weighted by atomic mass is 32.1. The minimum absolute atomic E-state index is 0.0318. The Morgan fingerprint density at radius 3 is 2.50 bits per heavy atom. The third kappa shape index (κ3) is 3.41. The lowest BCUT2D eigenvalue weighted by molar-refractivity contribution is 0.554. The predicted octanol–water partition coefficient (Wildman–Crippen LogP) is 4.14. The van der Waals surface area contributed by atoms with Crippen molar-refractivity contribution in [3.8, 4) is 10.6 Å². The van der Waals surface area contributed by atoms with Crippen LogP contribution in [0.25, 0.3) is 10.6 Å². The molecule has 0 amide bonds. The van der Waals surface area contributed by atoms with Gasteiger partial charge < -0.3 is 5.32 Å². The second kappa shape index (κ2) is 6.41. The highest BCUT2D eigenvalue weighted by molar-refractivity contribution is 7.15. The van der Waals surface area contributed by atoms with E-state index in [1.165, 1.54) is 29.5 Å². The SMILES string of the molecule is Cc1nc(-c2c(F)cccc2F)sc1CNCC(C)C. The maximum Gasteiger partial charge on any atom is 0.136 e. The van der Waals surface area contributed by atoms with Crippen molar-refractivity contribution in [2.75, 3.05) is 6.54 Å². The Balaban J connectivity index is 2.23. The molecule has 0 saturated carbocycles. The topological polar surface area (TPSA) is 24.9 Å². The molecule has 0 unspecified atom stereocenters. The molecule has 0 bridgehead atoms. The van der Waals surface area contributed by atoms with E-state index in [2.05, 4.69) is 24.1 Å². The number of aromatic nitrogens is 1. The van der Waals surface area contributed by atoms with Gasteiger partial charge in [-0.3, -0.25) is 0 Å². The van der Waals surface area contributed by atoms with E-state index in [9.17, 15) is 8.78 Å². The predicted molar refractivity (Wildman–Crippen MR) is 78.7 cm³/mol. The standard InChI is InChI=1S/C15H18F2N2S/c1-9(2)7-18-8-13-10(3)19-15(20-13)14-11(16)5-4-6-12(14)17/h4-6,9,18H,7-8H2,1-3H3. The van der Waals surface area contributed by atoms with Crippen molar-refractivity contribution in [2.45, 2.75) is 27.3 Å². The van der Waals surface area contributed by atoms with E-state index in [4.69, 9.17) is 0 Å². The number of aryl methyl sites for hydroxylation is 1. The van der Waals surface area contributed by atoms with Crippen LogP contribution in [-0.2, 0) is 6.54 Å². The lowest BCUT2D eigenvalue weighted by atomic mass is 10.2. The van der Waals surface area contributed by atoms with Gasteiger partial charge in [0, 0.05) is 11.4 Å². The Morgan fingerprint density at radius 1 is 1.25 bits per heavy atom. The molecule has 0 aliphatic rings. The third-order valence-electron chi connectivity index (χ3n) is 2.91. The molecule has 0 saturated heterocycles. The van der Waals surface area contributed by atoms with Crippen LogP contribution in [-0.4, -0.2) is 11.5 Å². The molecule has 0 fully saturated rings. The van der Waals surface area contributed by atoms with Crippen molar-refractivity contribution < 1.29 is 8.78 Å². The van der Waals surface area contributed by atoms with E-state index in [-0.39, 0.29) is 5.56 Å². The number of hydrogen-bond donors (Lipinski definition) is 1.